The number of nitrogens with one attached hydrogen (secondary N) is 1. The monoisotopic (exact) mass is 457 g/mol. The molecule has 0 atom stereocenters. The molecule has 4 aromatic rings. The Morgan fingerprint density at radius 1 is 1.03 bits per heavy atom. The van der Waals surface area contributed by atoms with Gasteiger partial charge in [-0.15, -0.1) is 0 Å². The van der Waals surface area contributed by atoms with E-state index in [1.807, 2.05) is 42.5 Å². The molecule has 0 amide bonds. The van der Waals surface area contributed by atoms with Crippen molar-refractivity contribution in [2.75, 3.05) is 27.7 Å². The number of hydrogen-bond donors (Lipinski definition) is 2. The van der Waals surface area contributed by atoms with Crippen molar-refractivity contribution in [3.05, 3.63) is 89.5 Å². The summed E-state index contributed by atoms with van der Waals surface area (Å²) in [5.41, 5.74) is 4.65. The molecule has 1 aromatic heterocycles. The van der Waals surface area contributed by atoms with Crippen molar-refractivity contribution in [2.45, 2.75) is 6.42 Å². The van der Waals surface area contributed by atoms with Crippen LogP contribution in [0, 0.1) is 0 Å². The van der Waals surface area contributed by atoms with Crippen LogP contribution in [0.4, 0.5) is 10.5 Å². The summed E-state index contributed by atoms with van der Waals surface area (Å²) in [6.07, 6.45) is 0.140. The van der Waals surface area contributed by atoms with Gasteiger partial charge in [-0.2, -0.15) is 0 Å². The molecule has 0 aliphatic heterocycles. The summed E-state index contributed by atoms with van der Waals surface area (Å²) >= 11 is 0. The molecule has 0 aliphatic carbocycles. The third-order valence-electron chi connectivity index (χ3n) is 5.43. The minimum Gasteiger partial charge on any atom is -0.494 e. The third-order valence-corrected chi connectivity index (χ3v) is 5.43. The lowest BCUT2D eigenvalue weighted by Gasteiger charge is -2.10. The molecule has 2 N–H and O–H groups in total. The van der Waals surface area contributed by atoms with Crippen molar-refractivity contribution >= 4 is 28.5 Å². The lowest BCUT2D eigenvalue weighted by molar-refractivity contribution is 0.121. The zero-order valence-corrected chi connectivity index (χ0v) is 19.4. The Kier molecular flexibility index (Phi) is 6.94. The minimum atomic E-state index is -0.813. The second-order valence-corrected chi connectivity index (χ2v) is 8.16. The molecule has 7 heteroatoms. The largest absolute Gasteiger partial charge is 0.513 e. The molecule has 174 valence electrons. The molecule has 1 heterocycles. The van der Waals surface area contributed by atoms with E-state index in [1.54, 1.807) is 18.2 Å². The van der Waals surface area contributed by atoms with Crippen LogP contribution in [0.3, 0.4) is 0 Å². The summed E-state index contributed by atoms with van der Waals surface area (Å²) in [5, 5.41) is 11.5. The number of aliphatic imine (C=N–C) groups is 1. The second kappa shape index (κ2) is 10.2. The normalized spacial score (nSPS) is 11.7. The van der Waals surface area contributed by atoms with E-state index < -0.39 is 6.16 Å². The Morgan fingerprint density at radius 3 is 2.44 bits per heavy atom. The Bertz CT molecular complexity index is 1310. The summed E-state index contributed by atoms with van der Waals surface area (Å²) in [7, 11) is 5.36. The standard InChI is InChI=1S/C27H27N3O4/c1-30(2)16-15-18-9-11-20(12-10-18)28-25(19-7-5-4-6-8-19)24-22-17-21(34-27(32)33-3)13-14-23(22)29-26(24)31/h4-14,17,29,31H,15-16H2,1-3H3. The Labute approximate surface area is 198 Å². The van der Waals surface area contributed by atoms with Crippen LogP contribution in [0.5, 0.6) is 11.6 Å². The van der Waals surface area contributed by atoms with Gasteiger partial charge >= 0.3 is 6.16 Å². The van der Waals surface area contributed by atoms with Gasteiger partial charge in [-0.25, -0.2) is 9.79 Å². The number of methoxy groups -OCH3 is 1. The van der Waals surface area contributed by atoms with Gasteiger partial charge in [0.05, 0.1) is 24.1 Å². The number of carbonyl (C=O) groups is 1. The predicted octanol–water partition coefficient (Wildman–Crippen LogP) is 5.29. The molecule has 0 unspecified atom stereocenters. The van der Waals surface area contributed by atoms with Crippen molar-refractivity contribution < 1.29 is 19.4 Å². The second-order valence-electron chi connectivity index (χ2n) is 8.16. The van der Waals surface area contributed by atoms with Gasteiger partial charge in [0.1, 0.15) is 5.75 Å². The first-order chi connectivity index (χ1) is 16.4. The van der Waals surface area contributed by atoms with Gasteiger partial charge in [0.2, 0.25) is 0 Å². The quantitative estimate of drug-likeness (QED) is 0.224. The Balaban J connectivity index is 1.80. The van der Waals surface area contributed by atoms with Crippen LogP contribution in [0.15, 0.2) is 77.8 Å². The highest BCUT2D eigenvalue weighted by atomic mass is 16.7. The highest BCUT2D eigenvalue weighted by Crippen LogP contribution is 2.33. The number of nitrogens with zero attached hydrogens (tertiary/aromatic N) is 2. The Morgan fingerprint density at radius 2 is 1.76 bits per heavy atom. The fourth-order valence-electron chi connectivity index (χ4n) is 3.68. The number of ether oxygens (including phenoxy) is 2. The van der Waals surface area contributed by atoms with Gasteiger partial charge in [-0.1, -0.05) is 42.5 Å². The van der Waals surface area contributed by atoms with Crippen LogP contribution in [0.2, 0.25) is 0 Å². The van der Waals surface area contributed by atoms with Crippen molar-refractivity contribution in [3.63, 3.8) is 0 Å². The van der Waals surface area contributed by atoms with Crippen LogP contribution in [0.25, 0.3) is 10.9 Å². The fraction of sp³-hybridized carbons (Fsp3) is 0.185. The summed E-state index contributed by atoms with van der Waals surface area (Å²) in [4.78, 5) is 21.6. The van der Waals surface area contributed by atoms with Gasteiger partial charge in [0, 0.05) is 23.0 Å². The third kappa shape index (κ3) is 5.27. The van der Waals surface area contributed by atoms with Crippen LogP contribution in [0.1, 0.15) is 16.7 Å². The molecular weight excluding hydrogens is 430 g/mol. The summed E-state index contributed by atoms with van der Waals surface area (Å²) < 4.78 is 9.79. The molecular formula is C27H27N3O4. The molecule has 0 saturated heterocycles. The van der Waals surface area contributed by atoms with Crippen molar-refractivity contribution in [2.24, 2.45) is 4.99 Å². The molecule has 0 bridgehead atoms. The predicted molar refractivity (Wildman–Crippen MR) is 133 cm³/mol. The number of aromatic nitrogens is 1. The maximum atomic E-state index is 11.6. The zero-order chi connectivity index (χ0) is 24.1. The van der Waals surface area contributed by atoms with E-state index in [0.29, 0.717) is 27.9 Å². The number of rotatable bonds is 7. The highest BCUT2D eigenvalue weighted by Gasteiger charge is 2.20. The lowest BCUT2D eigenvalue weighted by Crippen LogP contribution is -2.14. The molecule has 0 radical (unpaired) electrons. The van der Waals surface area contributed by atoms with Crippen LogP contribution >= 0.6 is 0 Å². The van der Waals surface area contributed by atoms with Crippen LogP contribution < -0.4 is 4.74 Å². The number of aromatic hydroxyl groups is 1. The number of H-pyrrole nitrogens is 1. The van der Waals surface area contributed by atoms with Crippen LogP contribution in [-0.4, -0.2) is 54.6 Å². The van der Waals surface area contributed by atoms with Crippen molar-refractivity contribution in [1.29, 1.82) is 0 Å². The van der Waals surface area contributed by atoms with Crippen LogP contribution in [-0.2, 0) is 11.2 Å². The zero-order valence-electron chi connectivity index (χ0n) is 19.4. The number of hydrogen-bond acceptors (Lipinski definition) is 6. The lowest BCUT2D eigenvalue weighted by atomic mass is 10.0. The maximum absolute atomic E-state index is 11.6. The van der Waals surface area contributed by atoms with E-state index in [2.05, 4.69) is 40.8 Å². The first-order valence-corrected chi connectivity index (χ1v) is 10.9. The molecule has 4 rings (SSSR count). The first-order valence-electron chi connectivity index (χ1n) is 10.9. The average molecular weight is 458 g/mol. The van der Waals surface area contributed by atoms with E-state index in [-0.39, 0.29) is 5.88 Å². The molecule has 0 spiro atoms. The van der Waals surface area contributed by atoms with Crippen molar-refractivity contribution in [3.8, 4) is 11.6 Å². The van der Waals surface area contributed by atoms with E-state index in [0.717, 1.165) is 24.2 Å². The van der Waals surface area contributed by atoms with E-state index >= 15 is 0 Å². The number of carbonyl (C=O) groups excluding carboxylic acids is 1. The molecule has 0 aliphatic rings. The van der Waals surface area contributed by atoms with Gasteiger partial charge < -0.3 is 24.5 Å². The van der Waals surface area contributed by atoms with Gasteiger partial charge in [-0.3, -0.25) is 0 Å². The van der Waals surface area contributed by atoms with Crippen molar-refractivity contribution in [1.82, 2.24) is 9.88 Å². The molecule has 34 heavy (non-hydrogen) atoms. The number of likely N-dealkylation sites (N-methyl/N-ethyl adjacent to an activating group) is 1. The average Bonchev–Trinajstić information content (AvgIpc) is 3.17. The first kappa shape index (κ1) is 23.1. The SMILES string of the molecule is COC(=O)Oc1ccc2[nH]c(O)c(C(=Nc3ccc(CCN(C)C)cc3)c3ccccc3)c2c1. The topological polar surface area (TPSA) is 87.1 Å². The summed E-state index contributed by atoms with van der Waals surface area (Å²) in [6.45, 7) is 0.969. The van der Waals surface area contributed by atoms with E-state index in [9.17, 15) is 9.90 Å². The number of benzene rings is 3. The maximum Gasteiger partial charge on any atom is 0.513 e. The van der Waals surface area contributed by atoms with E-state index in [1.165, 1.54) is 12.7 Å². The molecule has 0 fully saturated rings. The fourth-order valence-corrected chi connectivity index (χ4v) is 3.68. The van der Waals surface area contributed by atoms with Gasteiger partial charge in [0.25, 0.3) is 0 Å². The number of aromatic amines is 1. The minimum absolute atomic E-state index is 0.0181. The van der Waals surface area contributed by atoms with Gasteiger partial charge in [-0.05, 0) is 56.4 Å². The molecule has 3 aromatic carbocycles. The molecule has 0 saturated carbocycles. The number of fused-ring (bicyclic) bond motifs is 1. The summed E-state index contributed by atoms with van der Waals surface area (Å²) in [6, 6.07) is 22.8. The highest BCUT2D eigenvalue weighted by molar-refractivity contribution is 6.22. The van der Waals surface area contributed by atoms with E-state index in [4.69, 9.17) is 9.73 Å². The summed E-state index contributed by atoms with van der Waals surface area (Å²) in [5.74, 6) is 0.285. The smallest absolute Gasteiger partial charge is 0.494 e. The van der Waals surface area contributed by atoms with Gasteiger partial charge in [0.15, 0.2) is 5.88 Å². The molecule has 7 nitrogen and oxygen atoms in total. The Hall–Kier alpha value is -4.10.